The highest BCUT2D eigenvalue weighted by Gasteiger charge is 2.21. The normalized spacial score (nSPS) is 14.1. The molecule has 1 aromatic rings. The van der Waals surface area contributed by atoms with Crippen LogP contribution in [0.3, 0.4) is 0 Å². The molecule has 0 aromatic heterocycles. The molecule has 0 fully saturated rings. The summed E-state index contributed by atoms with van der Waals surface area (Å²) >= 11 is 5.96. The van der Waals surface area contributed by atoms with Gasteiger partial charge in [-0.3, -0.25) is 4.79 Å². The van der Waals surface area contributed by atoms with Crippen LogP contribution in [0, 0.1) is 5.92 Å². The first-order valence-electron chi connectivity index (χ1n) is 6.77. The van der Waals surface area contributed by atoms with E-state index in [1.165, 1.54) is 0 Å². The molecule has 20 heavy (non-hydrogen) atoms. The fourth-order valence-electron chi connectivity index (χ4n) is 2.15. The summed E-state index contributed by atoms with van der Waals surface area (Å²) in [5.41, 5.74) is -0.214. The fourth-order valence-corrected chi connectivity index (χ4v) is 2.34. The fraction of sp³-hybridized carbons (Fsp3) is 0.533. The molecule has 0 radical (unpaired) electrons. The van der Waals surface area contributed by atoms with Crippen molar-refractivity contribution in [1.82, 2.24) is 5.32 Å². The van der Waals surface area contributed by atoms with Crippen molar-refractivity contribution >= 4 is 23.2 Å². The molecule has 1 amide bonds. The lowest BCUT2D eigenvalue weighted by atomic mass is 9.94. The van der Waals surface area contributed by atoms with Crippen LogP contribution in [-0.4, -0.2) is 29.7 Å². The number of hydrogen-bond acceptors (Lipinski definition) is 3. The minimum absolute atomic E-state index is 0.138. The van der Waals surface area contributed by atoms with Crippen LogP contribution in [0.25, 0.3) is 0 Å². The molecule has 1 unspecified atom stereocenters. The predicted molar refractivity (Wildman–Crippen MR) is 83.0 cm³/mol. The summed E-state index contributed by atoms with van der Waals surface area (Å²) in [6.45, 7) is 6.39. The molecule has 1 atom stereocenters. The van der Waals surface area contributed by atoms with E-state index in [-0.39, 0.29) is 12.5 Å². The Balaban J connectivity index is 2.36. The Bertz CT molecular complexity index is 447. The highest BCUT2D eigenvalue weighted by Crippen LogP contribution is 2.20. The van der Waals surface area contributed by atoms with Gasteiger partial charge in [0, 0.05) is 6.54 Å². The molecular weight excluding hydrogens is 276 g/mol. The van der Waals surface area contributed by atoms with Crippen LogP contribution in [0.4, 0.5) is 5.69 Å². The van der Waals surface area contributed by atoms with Gasteiger partial charge >= 0.3 is 0 Å². The molecule has 0 saturated carbocycles. The molecule has 0 spiro atoms. The average Bonchev–Trinajstić information content (AvgIpc) is 2.30. The lowest BCUT2D eigenvalue weighted by Crippen LogP contribution is -2.41. The molecule has 0 heterocycles. The minimum atomic E-state index is -0.807. The van der Waals surface area contributed by atoms with E-state index in [4.69, 9.17) is 11.6 Å². The molecule has 4 nitrogen and oxygen atoms in total. The van der Waals surface area contributed by atoms with Gasteiger partial charge in [-0.1, -0.05) is 37.6 Å². The first kappa shape index (κ1) is 17.0. The Morgan fingerprint density at radius 1 is 1.40 bits per heavy atom. The second-order valence-corrected chi connectivity index (χ2v) is 6.13. The van der Waals surface area contributed by atoms with E-state index in [9.17, 15) is 9.90 Å². The Morgan fingerprint density at radius 3 is 2.65 bits per heavy atom. The highest BCUT2D eigenvalue weighted by atomic mass is 35.5. The molecular formula is C15H23ClN2O2. The zero-order valence-electron chi connectivity index (χ0n) is 12.2. The zero-order chi connectivity index (χ0) is 15.2. The van der Waals surface area contributed by atoms with Gasteiger partial charge in [-0.05, 0) is 31.4 Å². The lowest BCUT2D eigenvalue weighted by Gasteiger charge is -2.25. The summed E-state index contributed by atoms with van der Waals surface area (Å²) in [5.74, 6) is 0.224. The van der Waals surface area contributed by atoms with Gasteiger partial charge in [-0.25, -0.2) is 0 Å². The van der Waals surface area contributed by atoms with E-state index in [0.29, 0.717) is 29.6 Å². The van der Waals surface area contributed by atoms with Crippen LogP contribution < -0.4 is 10.6 Å². The molecule has 0 aliphatic heterocycles. The molecule has 5 heteroatoms. The van der Waals surface area contributed by atoms with E-state index < -0.39 is 5.60 Å². The van der Waals surface area contributed by atoms with Crippen LogP contribution in [0.5, 0.6) is 0 Å². The van der Waals surface area contributed by atoms with E-state index >= 15 is 0 Å². The third-order valence-corrected chi connectivity index (χ3v) is 3.12. The Morgan fingerprint density at radius 2 is 2.05 bits per heavy atom. The van der Waals surface area contributed by atoms with E-state index in [0.717, 1.165) is 0 Å². The number of rotatable bonds is 7. The Labute approximate surface area is 125 Å². The summed E-state index contributed by atoms with van der Waals surface area (Å²) in [5, 5.41) is 16.3. The number of amides is 1. The molecule has 1 aromatic carbocycles. The first-order chi connectivity index (χ1) is 9.30. The van der Waals surface area contributed by atoms with Gasteiger partial charge in [-0.2, -0.15) is 0 Å². The average molecular weight is 299 g/mol. The number of anilines is 1. The lowest BCUT2D eigenvalue weighted by molar-refractivity contribution is -0.115. The number of carbonyl (C=O) groups excluding carboxylic acids is 1. The van der Waals surface area contributed by atoms with Gasteiger partial charge in [0.05, 0.1) is 22.9 Å². The number of halogens is 1. The van der Waals surface area contributed by atoms with Crippen molar-refractivity contribution in [2.75, 3.05) is 18.4 Å². The maximum atomic E-state index is 11.8. The third kappa shape index (κ3) is 6.37. The van der Waals surface area contributed by atoms with Crippen molar-refractivity contribution in [3.8, 4) is 0 Å². The number of nitrogens with one attached hydrogen (secondary N) is 2. The van der Waals surface area contributed by atoms with Crippen LogP contribution in [0.15, 0.2) is 24.3 Å². The zero-order valence-corrected chi connectivity index (χ0v) is 13.0. The number of para-hydroxylation sites is 1. The summed E-state index contributed by atoms with van der Waals surface area (Å²) in [4.78, 5) is 11.8. The third-order valence-electron chi connectivity index (χ3n) is 2.79. The van der Waals surface area contributed by atoms with E-state index in [2.05, 4.69) is 24.5 Å². The smallest absolute Gasteiger partial charge is 0.238 e. The molecule has 0 aliphatic carbocycles. The van der Waals surface area contributed by atoms with Crippen molar-refractivity contribution in [3.63, 3.8) is 0 Å². The van der Waals surface area contributed by atoms with Crippen LogP contribution in [-0.2, 0) is 4.79 Å². The minimum Gasteiger partial charge on any atom is -0.389 e. The number of benzene rings is 1. The standard InChI is InChI=1S/C15H23ClN2O2/c1-11(2)8-15(3,20)10-17-9-14(19)18-13-7-5-4-6-12(13)16/h4-7,11,17,20H,8-10H2,1-3H3,(H,18,19). The van der Waals surface area contributed by atoms with Crippen LogP contribution in [0.1, 0.15) is 27.2 Å². The van der Waals surface area contributed by atoms with Gasteiger partial charge in [0.2, 0.25) is 5.91 Å². The summed E-state index contributed by atoms with van der Waals surface area (Å²) in [6, 6.07) is 7.08. The first-order valence-corrected chi connectivity index (χ1v) is 7.15. The quantitative estimate of drug-likeness (QED) is 0.725. The van der Waals surface area contributed by atoms with E-state index in [1.54, 1.807) is 25.1 Å². The topological polar surface area (TPSA) is 61.4 Å². The molecule has 0 bridgehead atoms. The summed E-state index contributed by atoms with van der Waals surface area (Å²) < 4.78 is 0. The Hall–Kier alpha value is -1.10. The van der Waals surface area contributed by atoms with Gasteiger partial charge < -0.3 is 15.7 Å². The van der Waals surface area contributed by atoms with Gasteiger partial charge in [0.25, 0.3) is 0 Å². The number of aliphatic hydroxyl groups is 1. The molecule has 1 rings (SSSR count). The van der Waals surface area contributed by atoms with Gasteiger partial charge in [0.15, 0.2) is 0 Å². The highest BCUT2D eigenvalue weighted by molar-refractivity contribution is 6.33. The Kier molecular flexibility index (Phi) is 6.46. The molecule has 3 N–H and O–H groups in total. The van der Waals surface area contributed by atoms with Crippen molar-refractivity contribution in [2.45, 2.75) is 32.8 Å². The van der Waals surface area contributed by atoms with Crippen LogP contribution >= 0.6 is 11.6 Å². The number of hydrogen-bond donors (Lipinski definition) is 3. The summed E-state index contributed by atoms with van der Waals surface area (Å²) in [6.07, 6.45) is 0.687. The van der Waals surface area contributed by atoms with Crippen molar-refractivity contribution in [3.05, 3.63) is 29.3 Å². The SMILES string of the molecule is CC(C)CC(C)(O)CNCC(=O)Nc1ccccc1Cl. The maximum absolute atomic E-state index is 11.8. The second kappa shape index (κ2) is 7.62. The summed E-state index contributed by atoms with van der Waals surface area (Å²) in [7, 11) is 0. The van der Waals surface area contributed by atoms with Gasteiger partial charge in [-0.15, -0.1) is 0 Å². The van der Waals surface area contributed by atoms with Crippen molar-refractivity contribution in [2.24, 2.45) is 5.92 Å². The second-order valence-electron chi connectivity index (χ2n) is 5.73. The van der Waals surface area contributed by atoms with Crippen molar-refractivity contribution in [1.29, 1.82) is 0 Å². The van der Waals surface area contributed by atoms with Crippen molar-refractivity contribution < 1.29 is 9.90 Å². The molecule has 112 valence electrons. The monoisotopic (exact) mass is 298 g/mol. The van der Waals surface area contributed by atoms with Crippen LogP contribution in [0.2, 0.25) is 5.02 Å². The maximum Gasteiger partial charge on any atom is 0.238 e. The largest absolute Gasteiger partial charge is 0.389 e. The molecule has 0 saturated heterocycles. The van der Waals surface area contributed by atoms with Gasteiger partial charge in [0.1, 0.15) is 0 Å². The number of carbonyl (C=O) groups is 1. The predicted octanol–water partition coefficient (Wildman–Crippen LogP) is 2.67. The molecule has 0 aliphatic rings. The van der Waals surface area contributed by atoms with E-state index in [1.807, 2.05) is 6.07 Å².